The second-order valence-electron chi connectivity index (χ2n) is 6.31. The molecule has 0 aliphatic carbocycles. The Morgan fingerprint density at radius 2 is 1.47 bits per heavy atom. The number of hydrogen-bond donors (Lipinski definition) is 4. The number of halogens is 1. The van der Waals surface area contributed by atoms with Crippen molar-refractivity contribution in [2.24, 2.45) is 0 Å². The Hall–Kier alpha value is -3.17. The van der Waals surface area contributed by atoms with Crippen LogP contribution in [0.15, 0.2) is 70.5 Å². The SMILES string of the molecule is CC(NC(=O)c1ccc(Br)s1)C(=O)Nc1cccc(NC(=O)Nc2ccccc2)c1. The predicted molar refractivity (Wildman–Crippen MR) is 123 cm³/mol. The van der Waals surface area contributed by atoms with Crippen LogP contribution in [0.4, 0.5) is 21.9 Å². The molecule has 0 aliphatic heterocycles. The van der Waals surface area contributed by atoms with E-state index < -0.39 is 12.1 Å². The molecule has 154 valence electrons. The molecule has 2 aromatic carbocycles. The molecular formula is C21H19BrN4O3S. The fourth-order valence-corrected chi connectivity index (χ4v) is 3.80. The molecule has 0 aliphatic rings. The quantitative estimate of drug-likeness (QED) is 0.398. The van der Waals surface area contributed by atoms with Crippen molar-refractivity contribution in [3.05, 3.63) is 75.4 Å². The van der Waals surface area contributed by atoms with E-state index in [0.29, 0.717) is 21.9 Å². The van der Waals surface area contributed by atoms with E-state index in [-0.39, 0.29) is 11.8 Å². The minimum atomic E-state index is -0.739. The van der Waals surface area contributed by atoms with Crippen LogP contribution in [-0.2, 0) is 4.79 Å². The highest BCUT2D eigenvalue weighted by Crippen LogP contribution is 2.22. The van der Waals surface area contributed by atoms with Gasteiger partial charge in [0.1, 0.15) is 6.04 Å². The number of urea groups is 1. The van der Waals surface area contributed by atoms with E-state index in [1.165, 1.54) is 11.3 Å². The van der Waals surface area contributed by atoms with Crippen LogP contribution in [0.25, 0.3) is 0 Å². The summed E-state index contributed by atoms with van der Waals surface area (Å²) in [4.78, 5) is 37.3. The smallest absolute Gasteiger partial charge is 0.323 e. The first-order valence-corrected chi connectivity index (χ1v) is 10.6. The molecule has 4 N–H and O–H groups in total. The van der Waals surface area contributed by atoms with Gasteiger partial charge < -0.3 is 21.3 Å². The Labute approximate surface area is 186 Å². The lowest BCUT2D eigenvalue weighted by Gasteiger charge is -2.14. The number of carbonyl (C=O) groups excluding carboxylic acids is 3. The maximum atomic E-state index is 12.4. The molecule has 1 unspecified atom stereocenters. The van der Waals surface area contributed by atoms with Gasteiger partial charge in [0.05, 0.1) is 8.66 Å². The normalized spacial score (nSPS) is 11.3. The predicted octanol–water partition coefficient (Wildman–Crippen LogP) is 4.91. The summed E-state index contributed by atoms with van der Waals surface area (Å²) in [5.41, 5.74) is 1.68. The minimum Gasteiger partial charge on any atom is -0.340 e. The van der Waals surface area contributed by atoms with E-state index >= 15 is 0 Å². The summed E-state index contributed by atoms with van der Waals surface area (Å²) < 4.78 is 0.838. The number of nitrogens with one attached hydrogen (secondary N) is 4. The van der Waals surface area contributed by atoms with Crippen molar-refractivity contribution in [2.75, 3.05) is 16.0 Å². The van der Waals surface area contributed by atoms with Gasteiger partial charge in [-0.1, -0.05) is 24.3 Å². The Balaban J connectivity index is 1.55. The number of carbonyl (C=O) groups is 3. The number of anilines is 3. The first-order valence-electron chi connectivity index (χ1n) is 9.01. The first kappa shape index (κ1) is 21.5. The molecule has 0 spiro atoms. The van der Waals surface area contributed by atoms with Gasteiger partial charge in [0.2, 0.25) is 5.91 Å². The summed E-state index contributed by atoms with van der Waals surface area (Å²) in [5.74, 6) is -0.689. The second-order valence-corrected chi connectivity index (χ2v) is 8.78. The van der Waals surface area contributed by atoms with Crippen molar-refractivity contribution < 1.29 is 14.4 Å². The van der Waals surface area contributed by atoms with Crippen molar-refractivity contribution in [2.45, 2.75) is 13.0 Å². The molecule has 3 aromatic rings. The first-order chi connectivity index (χ1) is 14.4. The van der Waals surface area contributed by atoms with E-state index in [1.54, 1.807) is 55.5 Å². The van der Waals surface area contributed by atoms with Gasteiger partial charge in [0, 0.05) is 17.1 Å². The molecule has 0 saturated heterocycles. The van der Waals surface area contributed by atoms with Crippen molar-refractivity contribution in [1.29, 1.82) is 0 Å². The van der Waals surface area contributed by atoms with Gasteiger partial charge in [0.25, 0.3) is 5.91 Å². The van der Waals surface area contributed by atoms with Gasteiger partial charge in [0.15, 0.2) is 0 Å². The third kappa shape index (κ3) is 6.16. The molecule has 1 heterocycles. The van der Waals surface area contributed by atoms with Crippen molar-refractivity contribution in [3.8, 4) is 0 Å². The molecular weight excluding hydrogens is 468 g/mol. The van der Waals surface area contributed by atoms with E-state index in [9.17, 15) is 14.4 Å². The highest BCUT2D eigenvalue weighted by atomic mass is 79.9. The minimum absolute atomic E-state index is 0.318. The van der Waals surface area contributed by atoms with Crippen LogP contribution >= 0.6 is 27.3 Å². The van der Waals surface area contributed by atoms with Gasteiger partial charge in [-0.3, -0.25) is 9.59 Å². The van der Waals surface area contributed by atoms with Crippen molar-refractivity contribution in [3.63, 3.8) is 0 Å². The van der Waals surface area contributed by atoms with E-state index in [0.717, 1.165) is 3.79 Å². The topological polar surface area (TPSA) is 99.3 Å². The van der Waals surface area contributed by atoms with Gasteiger partial charge in [-0.05, 0) is 65.3 Å². The molecule has 0 fully saturated rings. The van der Waals surface area contributed by atoms with Crippen molar-refractivity contribution >= 4 is 62.2 Å². The van der Waals surface area contributed by atoms with Gasteiger partial charge in [-0.25, -0.2) is 4.79 Å². The number of benzene rings is 2. The maximum absolute atomic E-state index is 12.4. The Kier molecular flexibility index (Phi) is 7.21. The highest BCUT2D eigenvalue weighted by Gasteiger charge is 2.18. The molecule has 3 rings (SSSR count). The monoisotopic (exact) mass is 486 g/mol. The molecule has 0 bridgehead atoms. The molecule has 1 aromatic heterocycles. The number of thiophene rings is 1. The van der Waals surface area contributed by atoms with E-state index in [2.05, 4.69) is 37.2 Å². The number of hydrogen-bond acceptors (Lipinski definition) is 4. The third-order valence-electron chi connectivity index (χ3n) is 3.96. The summed E-state index contributed by atoms with van der Waals surface area (Å²) in [6.45, 7) is 1.60. The molecule has 30 heavy (non-hydrogen) atoms. The summed E-state index contributed by atoms with van der Waals surface area (Å²) in [6.07, 6.45) is 0. The highest BCUT2D eigenvalue weighted by molar-refractivity contribution is 9.11. The molecule has 9 heteroatoms. The summed E-state index contributed by atoms with van der Waals surface area (Å²) in [5, 5.41) is 10.8. The lowest BCUT2D eigenvalue weighted by Crippen LogP contribution is -2.41. The molecule has 7 nitrogen and oxygen atoms in total. The molecule has 0 saturated carbocycles. The Morgan fingerprint density at radius 1 is 0.833 bits per heavy atom. The zero-order valence-corrected chi connectivity index (χ0v) is 18.3. The average Bonchev–Trinajstić information content (AvgIpc) is 3.15. The van der Waals surface area contributed by atoms with Crippen LogP contribution in [-0.4, -0.2) is 23.9 Å². The van der Waals surface area contributed by atoms with Gasteiger partial charge >= 0.3 is 6.03 Å². The van der Waals surface area contributed by atoms with Crippen LogP contribution in [0.2, 0.25) is 0 Å². The van der Waals surface area contributed by atoms with Crippen LogP contribution in [0.3, 0.4) is 0 Å². The van der Waals surface area contributed by atoms with Crippen LogP contribution < -0.4 is 21.3 Å². The summed E-state index contributed by atoms with van der Waals surface area (Å²) in [7, 11) is 0. The van der Waals surface area contributed by atoms with Crippen molar-refractivity contribution in [1.82, 2.24) is 5.32 Å². The number of para-hydroxylation sites is 1. The maximum Gasteiger partial charge on any atom is 0.323 e. The van der Waals surface area contributed by atoms with Crippen LogP contribution in [0.5, 0.6) is 0 Å². The molecule has 1 atom stereocenters. The van der Waals surface area contributed by atoms with Crippen LogP contribution in [0, 0.1) is 0 Å². The second kappa shape index (κ2) is 10.0. The summed E-state index contributed by atoms with van der Waals surface area (Å²) >= 11 is 4.60. The molecule has 0 radical (unpaired) electrons. The average molecular weight is 487 g/mol. The fraction of sp³-hybridized carbons (Fsp3) is 0.0952. The van der Waals surface area contributed by atoms with Gasteiger partial charge in [-0.15, -0.1) is 11.3 Å². The zero-order chi connectivity index (χ0) is 21.5. The lowest BCUT2D eigenvalue weighted by molar-refractivity contribution is -0.117. The number of rotatable bonds is 6. The standard InChI is InChI=1S/C21H19BrN4O3S/c1-13(23-20(28)17-10-11-18(22)30-17)19(27)24-15-8-5-9-16(12-15)26-21(29)25-14-6-3-2-4-7-14/h2-13H,1H3,(H,23,28)(H,24,27)(H2,25,26,29). The zero-order valence-electron chi connectivity index (χ0n) is 15.9. The summed E-state index contributed by atoms with van der Waals surface area (Å²) in [6, 6.07) is 18.1. The lowest BCUT2D eigenvalue weighted by atomic mass is 10.2. The third-order valence-corrected chi connectivity index (χ3v) is 5.58. The van der Waals surface area contributed by atoms with Crippen LogP contribution in [0.1, 0.15) is 16.6 Å². The Bertz CT molecular complexity index is 1060. The number of amides is 4. The van der Waals surface area contributed by atoms with E-state index in [4.69, 9.17) is 0 Å². The Morgan fingerprint density at radius 3 is 2.13 bits per heavy atom. The molecule has 4 amide bonds. The fourth-order valence-electron chi connectivity index (χ4n) is 2.51. The van der Waals surface area contributed by atoms with Gasteiger partial charge in [-0.2, -0.15) is 0 Å². The largest absolute Gasteiger partial charge is 0.340 e. The van der Waals surface area contributed by atoms with E-state index in [1.807, 2.05) is 18.2 Å².